The molecule has 0 aromatic heterocycles. The molecule has 1 aliphatic heterocycles. The van der Waals surface area contributed by atoms with Crippen LogP contribution in [0.15, 0.2) is 42.5 Å². The van der Waals surface area contributed by atoms with Crippen LogP contribution in [0.1, 0.15) is 24.2 Å². The number of carbonyl (C=O) groups excluding carboxylic acids is 2. The van der Waals surface area contributed by atoms with Crippen molar-refractivity contribution >= 4 is 17.5 Å². The molecule has 1 aliphatic rings. The Morgan fingerprint density at radius 1 is 0.939 bits per heavy atom. The van der Waals surface area contributed by atoms with E-state index in [1.165, 1.54) is 18.2 Å². The second kappa shape index (κ2) is 11.2. The number of nitrogens with zero attached hydrogens (tertiary/aromatic N) is 2. The molecule has 0 saturated carbocycles. The van der Waals surface area contributed by atoms with Crippen LogP contribution >= 0.6 is 0 Å². The second-order valence-corrected chi connectivity index (χ2v) is 8.39. The summed E-state index contributed by atoms with van der Waals surface area (Å²) in [5.41, 5.74) is 0.279. The average molecular weight is 463 g/mol. The van der Waals surface area contributed by atoms with Crippen molar-refractivity contribution in [3.63, 3.8) is 0 Å². The summed E-state index contributed by atoms with van der Waals surface area (Å²) in [5, 5.41) is 5.26. The Labute approximate surface area is 191 Å². The van der Waals surface area contributed by atoms with Gasteiger partial charge in [-0.1, -0.05) is 19.9 Å². The van der Waals surface area contributed by atoms with Gasteiger partial charge in [0.15, 0.2) is 0 Å². The van der Waals surface area contributed by atoms with Crippen LogP contribution in [0.25, 0.3) is 0 Å². The van der Waals surface area contributed by atoms with Gasteiger partial charge < -0.3 is 15.5 Å². The van der Waals surface area contributed by atoms with E-state index in [1.807, 2.05) is 0 Å². The summed E-state index contributed by atoms with van der Waals surface area (Å²) >= 11 is 0. The highest BCUT2D eigenvalue weighted by molar-refractivity contribution is 5.98. The van der Waals surface area contributed by atoms with Crippen LogP contribution in [0.2, 0.25) is 0 Å². The molecule has 2 N–H and O–H groups in total. The van der Waals surface area contributed by atoms with Crippen molar-refractivity contribution in [3.05, 3.63) is 65.5 Å². The van der Waals surface area contributed by atoms with Gasteiger partial charge in [-0.15, -0.1) is 0 Å². The molecule has 0 bridgehead atoms. The Balaban J connectivity index is 1.46. The molecule has 1 saturated heterocycles. The molecule has 0 radical (unpaired) electrons. The van der Waals surface area contributed by atoms with E-state index in [-0.39, 0.29) is 11.7 Å². The minimum absolute atomic E-state index is 0.261. The molecule has 0 aliphatic carbocycles. The lowest BCUT2D eigenvalue weighted by molar-refractivity contribution is -0.124. The Morgan fingerprint density at radius 3 is 2.12 bits per heavy atom. The maximum Gasteiger partial charge on any atom is 0.257 e. The van der Waals surface area contributed by atoms with Crippen LogP contribution < -0.4 is 15.5 Å². The van der Waals surface area contributed by atoms with Crippen molar-refractivity contribution < 1.29 is 22.8 Å². The van der Waals surface area contributed by atoms with Crippen molar-refractivity contribution in [2.45, 2.75) is 19.9 Å². The second-order valence-electron chi connectivity index (χ2n) is 8.39. The molecule has 3 rings (SSSR count). The summed E-state index contributed by atoms with van der Waals surface area (Å²) in [6.07, 6.45) is 0. The predicted molar refractivity (Wildman–Crippen MR) is 121 cm³/mol. The summed E-state index contributed by atoms with van der Waals surface area (Å²) in [5.74, 6) is -3.85. The van der Waals surface area contributed by atoms with Crippen molar-refractivity contribution in [1.29, 1.82) is 0 Å². The number of halogens is 3. The Hall–Kier alpha value is -3.07. The van der Waals surface area contributed by atoms with Gasteiger partial charge in [0, 0.05) is 45.0 Å². The van der Waals surface area contributed by atoms with Gasteiger partial charge in [0.2, 0.25) is 5.91 Å². The molecular weight excluding hydrogens is 433 g/mol. The third-order valence-corrected chi connectivity index (χ3v) is 5.72. The maximum atomic E-state index is 13.9. The summed E-state index contributed by atoms with van der Waals surface area (Å²) in [6, 6.07) is 8.66. The number of piperazine rings is 1. The highest BCUT2D eigenvalue weighted by atomic mass is 19.1. The van der Waals surface area contributed by atoms with Gasteiger partial charge in [-0.05, 0) is 42.3 Å². The van der Waals surface area contributed by atoms with Crippen molar-refractivity contribution in [2.75, 3.05) is 44.2 Å². The molecule has 0 spiro atoms. The molecule has 6 nitrogen and oxygen atoms in total. The first-order valence-corrected chi connectivity index (χ1v) is 11.0. The normalized spacial score (nSPS) is 15.4. The van der Waals surface area contributed by atoms with Gasteiger partial charge in [-0.2, -0.15) is 0 Å². The van der Waals surface area contributed by atoms with E-state index >= 15 is 0 Å². The molecule has 178 valence electrons. The minimum Gasteiger partial charge on any atom is -0.369 e. The third-order valence-electron chi connectivity index (χ3n) is 5.72. The van der Waals surface area contributed by atoms with Crippen LogP contribution in [0.3, 0.4) is 0 Å². The number of carbonyl (C=O) groups is 2. The number of nitrogens with one attached hydrogen (secondary N) is 2. The Kier molecular flexibility index (Phi) is 8.32. The largest absolute Gasteiger partial charge is 0.369 e. The summed E-state index contributed by atoms with van der Waals surface area (Å²) in [7, 11) is 0. The van der Waals surface area contributed by atoms with E-state index in [0.29, 0.717) is 13.1 Å². The fraction of sp³-hybridized carbons (Fsp3) is 0.417. The lowest BCUT2D eigenvalue weighted by atomic mass is 10.0. The van der Waals surface area contributed by atoms with Crippen LogP contribution in [0.5, 0.6) is 0 Å². The first kappa shape index (κ1) is 24.6. The summed E-state index contributed by atoms with van der Waals surface area (Å²) in [6.45, 7) is 7.67. The van der Waals surface area contributed by atoms with E-state index in [0.717, 1.165) is 44.0 Å². The Morgan fingerprint density at radius 2 is 1.55 bits per heavy atom. The SMILES string of the molecule is CC(C)[C@H](NC(=O)c1c(F)cccc1F)C(=O)NCCN1CCN(c2ccc(F)cc2)CC1. The molecule has 2 aromatic carbocycles. The molecule has 2 amide bonds. The monoisotopic (exact) mass is 462 g/mol. The van der Waals surface area contributed by atoms with E-state index in [1.54, 1.807) is 26.0 Å². The van der Waals surface area contributed by atoms with Gasteiger partial charge >= 0.3 is 0 Å². The average Bonchev–Trinajstić information content (AvgIpc) is 2.78. The Bertz CT molecular complexity index is 940. The van der Waals surface area contributed by atoms with Crippen LogP contribution in [-0.4, -0.2) is 62.0 Å². The quantitative estimate of drug-likeness (QED) is 0.633. The number of rotatable bonds is 8. The number of hydrogen-bond acceptors (Lipinski definition) is 4. The van der Waals surface area contributed by atoms with E-state index < -0.39 is 35.1 Å². The minimum atomic E-state index is -0.977. The molecule has 1 heterocycles. The van der Waals surface area contributed by atoms with Crippen molar-refractivity contribution in [2.24, 2.45) is 5.92 Å². The van der Waals surface area contributed by atoms with E-state index in [2.05, 4.69) is 20.4 Å². The van der Waals surface area contributed by atoms with E-state index in [9.17, 15) is 22.8 Å². The van der Waals surface area contributed by atoms with Crippen molar-refractivity contribution in [3.8, 4) is 0 Å². The van der Waals surface area contributed by atoms with Gasteiger partial charge in [-0.25, -0.2) is 13.2 Å². The van der Waals surface area contributed by atoms with Gasteiger partial charge in [0.25, 0.3) is 5.91 Å². The zero-order valence-electron chi connectivity index (χ0n) is 18.8. The highest BCUT2D eigenvalue weighted by Gasteiger charge is 2.27. The van der Waals surface area contributed by atoms with Crippen LogP contribution in [0, 0.1) is 23.4 Å². The van der Waals surface area contributed by atoms with Gasteiger partial charge in [0.1, 0.15) is 29.1 Å². The first-order valence-electron chi connectivity index (χ1n) is 11.0. The molecule has 0 unspecified atom stereocenters. The lowest BCUT2D eigenvalue weighted by Crippen LogP contribution is -2.52. The lowest BCUT2D eigenvalue weighted by Gasteiger charge is -2.36. The molecule has 33 heavy (non-hydrogen) atoms. The molecule has 9 heteroatoms. The topological polar surface area (TPSA) is 64.7 Å². The summed E-state index contributed by atoms with van der Waals surface area (Å²) < 4.78 is 40.9. The summed E-state index contributed by atoms with van der Waals surface area (Å²) in [4.78, 5) is 29.4. The van der Waals surface area contributed by atoms with Crippen LogP contribution in [-0.2, 0) is 4.79 Å². The number of benzene rings is 2. The molecule has 1 fully saturated rings. The molecule has 1 atom stereocenters. The van der Waals surface area contributed by atoms with E-state index in [4.69, 9.17) is 0 Å². The zero-order chi connectivity index (χ0) is 24.0. The number of anilines is 1. The van der Waals surface area contributed by atoms with Gasteiger partial charge in [-0.3, -0.25) is 14.5 Å². The zero-order valence-corrected chi connectivity index (χ0v) is 18.8. The standard InChI is InChI=1S/C24H29F3N4O2/c1-16(2)22(29-23(32)21-19(26)4-3-5-20(21)27)24(33)28-10-11-30-12-14-31(15-13-30)18-8-6-17(25)7-9-18/h3-9,16,22H,10-15H2,1-2H3,(H,28,33)(H,29,32)/t22-/m0/s1. The number of amides is 2. The van der Waals surface area contributed by atoms with Crippen LogP contribution in [0.4, 0.5) is 18.9 Å². The third kappa shape index (κ3) is 6.47. The molecule has 2 aromatic rings. The van der Waals surface area contributed by atoms with Crippen molar-refractivity contribution in [1.82, 2.24) is 15.5 Å². The fourth-order valence-electron chi connectivity index (χ4n) is 3.79. The predicted octanol–water partition coefficient (Wildman–Crippen LogP) is 2.80. The fourth-order valence-corrected chi connectivity index (χ4v) is 3.79. The smallest absolute Gasteiger partial charge is 0.257 e. The first-order chi connectivity index (χ1) is 15.8. The van der Waals surface area contributed by atoms with Gasteiger partial charge in [0.05, 0.1) is 0 Å². The maximum absolute atomic E-state index is 13.9. The number of hydrogen-bond donors (Lipinski definition) is 2. The molecular formula is C24H29F3N4O2. The highest BCUT2D eigenvalue weighted by Crippen LogP contribution is 2.17.